The second-order valence-electron chi connectivity index (χ2n) is 5.77. The predicted octanol–water partition coefficient (Wildman–Crippen LogP) is 1.93. The molecule has 0 N–H and O–H groups in total. The Bertz CT molecular complexity index is 381. The molecule has 1 aromatic rings. The van der Waals surface area contributed by atoms with Gasteiger partial charge in [0.2, 0.25) is 0 Å². The maximum Gasteiger partial charge on any atom is 0.0393 e. The smallest absolute Gasteiger partial charge is 0.0393 e. The molecule has 0 aromatic heterocycles. The first-order valence-corrected chi connectivity index (χ1v) is 7.33. The molecule has 1 saturated heterocycles. The molecule has 0 aliphatic carbocycles. The molecule has 1 aliphatic rings. The molecule has 0 unspecified atom stereocenters. The van der Waals surface area contributed by atoms with E-state index in [9.17, 15) is 0 Å². The predicted molar refractivity (Wildman–Crippen MR) is 83.0 cm³/mol. The van der Waals surface area contributed by atoms with Crippen LogP contribution in [0.15, 0.2) is 24.3 Å². The van der Waals surface area contributed by atoms with Crippen LogP contribution in [0, 0.1) is 0 Å². The maximum atomic E-state index is 2.60. The maximum absolute atomic E-state index is 2.60. The Morgan fingerprint density at radius 3 is 2.42 bits per heavy atom. The SMILES string of the molecule is CN1CCN(CCCc2ccccc2N(C)C)CC1. The molecule has 3 heteroatoms. The zero-order valence-electron chi connectivity index (χ0n) is 12.6. The second kappa shape index (κ2) is 6.92. The number of para-hydroxylation sites is 1. The minimum absolute atomic E-state index is 1.18. The molecule has 2 rings (SSSR count). The molecular weight excluding hydrogens is 234 g/mol. The summed E-state index contributed by atoms with van der Waals surface area (Å²) in [6, 6.07) is 8.75. The first kappa shape index (κ1) is 14.4. The third-order valence-electron chi connectivity index (χ3n) is 3.99. The van der Waals surface area contributed by atoms with Gasteiger partial charge >= 0.3 is 0 Å². The van der Waals surface area contributed by atoms with E-state index in [1.165, 1.54) is 56.8 Å². The van der Waals surface area contributed by atoms with E-state index in [0.29, 0.717) is 0 Å². The van der Waals surface area contributed by atoms with Gasteiger partial charge in [-0.3, -0.25) is 0 Å². The van der Waals surface area contributed by atoms with Crippen molar-refractivity contribution in [2.45, 2.75) is 12.8 Å². The number of anilines is 1. The molecule has 1 fully saturated rings. The van der Waals surface area contributed by atoms with E-state index in [4.69, 9.17) is 0 Å². The second-order valence-corrected chi connectivity index (χ2v) is 5.77. The van der Waals surface area contributed by atoms with E-state index < -0.39 is 0 Å². The van der Waals surface area contributed by atoms with Crippen molar-refractivity contribution in [2.24, 2.45) is 0 Å². The summed E-state index contributed by atoms with van der Waals surface area (Å²) in [7, 11) is 6.46. The zero-order valence-corrected chi connectivity index (χ0v) is 12.6. The van der Waals surface area contributed by atoms with Gasteiger partial charge in [0, 0.05) is 46.0 Å². The number of piperazine rings is 1. The number of rotatable bonds is 5. The van der Waals surface area contributed by atoms with Crippen molar-refractivity contribution in [3.8, 4) is 0 Å². The third kappa shape index (κ3) is 4.22. The molecule has 19 heavy (non-hydrogen) atoms. The number of likely N-dealkylation sites (N-methyl/N-ethyl adjacent to an activating group) is 1. The van der Waals surface area contributed by atoms with Crippen molar-refractivity contribution >= 4 is 5.69 Å². The molecule has 1 aromatic carbocycles. The highest BCUT2D eigenvalue weighted by atomic mass is 15.2. The summed E-state index contributed by atoms with van der Waals surface area (Å²) in [6.07, 6.45) is 2.44. The first-order valence-electron chi connectivity index (χ1n) is 7.33. The van der Waals surface area contributed by atoms with E-state index in [1.807, 2.05) is 0 Å². The third-order valence-corrected chi connectivity index (χ3v) is 3.99. The van der Waals surface area contributed by atoms with E-state index in [-0.39, 0.29) is 0 Å². The highest BCUT2D eigenvalue weighted by Crippen LogP contribution is 2.19. The van der Waals surface area contributed by atoms with Gasteiger partial charge in [-0.1, -0.05) is 18.2 Å². The van der Waals surface area contributed by atoms with Crippen molar-refractivity contribution in [2.75, 3.05) is 58.8 Å². The molecule has 1 aliphatic heterocycles. The lowest BCUT2D eigenvalue weighted by Gasteiger charge is -2.32. The summed E-state index contributed by atoms with van der Waals surface area (Å²) in [5.41, 5.74) is 2.84. The average Bonchev–Trinajstić information content (AvgIpc) is 2.41. The van der Waals surface area contributed by atoms with E-state index in [1.54, 1.807) is 0 Å². The van der Waals surface area contributed by atoms with Crippen LogP contribution in [-0.4, -0.2) is 63.7 Å². The minimum atomic E-state index is 1.18. The Morgan fingerprint density at radius 2 is 1.74 bits per heavy atom. The van der Waals surface area contributed by atoms with Crippen LogP contribution >= 0.6 is 0 Å². The Balaban J connectivity index is 1.79. The molecule has 106 valence electrons. The summed E-state index contributed by atoms with van der Waals surface area (Å²) in [5.74, 6) is 0. The van der Waals surface area contributed by atoms with Crippen LogP contribution in [0.3, 0.4) is 0 Å². The standard InChI is InChI=1S/C16H27N3/c1-17(2)16-9-5-4-7-15(16)8-6-10-19-13-11-18(3)12-14-19/h4-5,7,9H,6,8,10-14H2,1-3H3. The van der Waals surface area contributed by atoms with Crippen LogP contribution in [0.25, 0.3) is 0 Å². The Hall–Kier alpha value is -1.06. The van der Waals surface area contributed by atoms with Gasteiger partial charge in [0.25, 0.3) is 0 Å². The van der Waals surface area contributed by atoms with Crippen molar-refractivity contribution in [3.05, 3.63) is 29.8 Å². The van der Waals surface area contributed by atoms with Gasteiger partial charge in [0.15, 0.2) is 0 Å². The largest absolute Gasteiger partial charge is 0.377 e. The van der Waals surface area contributed by atoms with Gasteiger partial charge < -0.3 is 14.7 Å². The highest BCUT2D eigenvalue weighted by molar-refractivity contribution is 5.52. The normalized spacial score (nSPS) is 17.6. The molecule has 0 spiro atoms. The Labute approximate surface area is 117 Å². The number of aryl methyl sites for hydroxylation is 1. The fraction of sp³-hybridized carbons (Fsp3) is 0.625. The molecular formula is C16H27N3. The molecule has 3 nitrogen and oxygen atoms in total. The van der Waals surface area contributed by atoms with Gasteiger partial charge in [-0.2, -0.15) is 0 Å². The summed E-state index contributed by atoms with van der Waals surface area (Å²) < 4.78 is 0. The van der Waals surface area contributed by atoms with Gasteiger partial charge in [-0.25, -0.2) is 0 Å². The van der Waals surface area contributed by atoms with Crippen molar-refractivity contribution in [1.82, 2.24) is 9.80 Å². The van der Waals surface area contributed by atoms with Crippen molar-refractivity contribution in [1.29, 1.82) is 0 Å². The Morgan fingerprint density at radius 1 is 1.05 bits per heavy atom. The van der Waals surface area contributed by atoms with Crippen LogP contribution in [0.1, 0.15) is 12.0 Å². The number of hydrogen-bond acceptors (Lipinski definition) is 3. The summed E-state index contributed by atoms with van der Waals surface area (Å²) >= 11 is 0. The van der Waals surface area contributed by atoms with Crippen LogP contribution in [0.2, 0.25) is 0 Å². The minimum Gasteiger partial charge on any atom is -0.377 e. The first-order chi connectivity index (χ1) is 9.16. The fourth-order valence-electron chi connectivity index (χ4n) is 2.72. The fourth-order valence-corrected chi connectivity index (χ4v) is 2.72. The lowest BCUT2D eigenvalue weighted by molar-refractivity contribution is 0.153. The number of benzene rings is 1. The van der Waals surface area contributed by atoms with Crippen molar-refractivity contribution < 1.29 is 0 Å². The molecule has 0 bridgehead atoms. The zero-order chi connectivity index (χ0) is 13.7. The topological polar surface area (TPSA) is 9.72 Å². The summed E-state index contributed by atoms with van der Waals surface area (Å²) in [4.78, 5) is 7.22. The monoisotopic (exact) mass is 261 g/mol. The average molecular weight is 261 g/mol. The van der Waals surface area contributed by atoms with Gasteiger partial charge in [-0.05, 0) is 38.1 Å². The summed E-state index contributed by atoms with van der Waals surface area (Å²) in [6.45, 7) is 6.12. The van der Waals surface area contributed by atoms with Gasteiger partial charge in [0.05, 0.1) is 0 Å². The van der Waals surface area contributed by atoms with Crippen molar-refractivity contribution in [3.63, 3.8) is 0 Å². The lowest BCUT2D eigenvalue weighted by Crippen LogP contribution is -2.44. The molecule has 0 amide bonds. The van der Waals surface area contributed by atoms with E-state index in [0.717, 1.165) is 0 Å². The molecule has 0 atom stereocenters. The summed E-state index contributed by atoms with van der Waals surface area (Å²) in [5, 5.41) is 0. The number of nitrogens with zero attached hydrogens (tertiary/aromatic N) is 3. The Kier molecular flexibility index (Phi) is 5.23. The van der Waals surface area contributed by atoms with Crippen LogP contribution < -0.4 is 4.90 Å². The molecule has 0 saturated carbocycles. The van der Waals surface area contributed by atoms with Crippen LogP contribution in [0.5, 0.6) is 0 Å². The highest BCUT2D eigenvalue weighted by Gasteiger charge is 2.13. The molecule has 1 heterocycles. The van der Waals surface area contributed by atoms with Gasteiger partial charge in [0.1, 0.15) is 0 Å². The van der Waals surface area contributed by atoms with E-state index >= 15 is 0 Å². The quantitative estimate of drug-likeness (QED) is 0.802. The van der Waals surface area contributed by atoms with Gasteiger partial charge in [-0.15, -0.1) is 0 Å². The van der Waals surface area contributed by atoms with E-state index in [2.05, 4.69) is 60.1 Å². The van der Waals surface area contributed by atoms with Crippen LogP contribution in [-0.2, 0) is 6.42 Å². The lowest BCUT2D eigenvalue weighted by atomic mass is 10.1. The van der Waals surface area contributed by atoms with Crippen LogP contribution in [0.4, 0.5) is 5.69 Å². The molecule has 0 radical (unpaired) electrons. The number of hydrogen-bond donors (Lipinski definition) is 0.